The molecule has 2 aliphatic heterocycles. The minimum absolute atomic E-state index is 0.896. The lowest BCUT2D eigenvalue weighted by molar-refractivity contribution is 0.287. The van der Waals surface area contributed by atoms with Gasteiger partial charge in [-0.25, -0.2) is 5.32 Å². The molecular weight excluding hydrogens is 136 g/mol. The Morgan fingerprint density at radius 2 is 2.09 bits per heavy atom. The molecule has 2 heterocycles. The Labute approximate surface area is 69.0 Å². The predicted molar refractivity (Wildman–Crippen MR) is 45.6 cm³/mol. The van der Waals surface area contributed by atoms with Crippen LogP contribution < -0.4 is 5.32 Å². The Kier molecular flexibility index (Phi) is 2.44. The summed E-state index contributed by atoms with van der Waals surface area (Å²) in [7, 11) is 0. The smallest absolute Gasteiger partial charge is 0.0174 e. The van der Waals surface area contributed by atoms with E-state index in [2.05, 4.69) is 10.2 Å². The molecule has 11 heavy (non-hydrogen) atoms. The van der Waals surface area contributed by atoms with Crippen LogP contribution in [0.25, 0.3) is 0 Å². The standard InChI is InChI=1S/C9H17N2/c1-2-6-11(5-1)8-9-3-4-10-7-9/h9H,1-8H2. The highest BCUT2D eigenvalue weighted by atomic mass is 15.1. The van der Waals surface area contributed by atoms with Crippen LogP contribution in [0.4, 0.5) is 0 Å². The van der Waals surface area contributed by atoms with Gasteiger partial charge >= 0.3 is 0 Å². The molecule has 0 aliphatic carbocycles. The molecule has 2 rings (SSSR count). The number of nitrogens with zero attached hydrogens (tertiary/aromatic N) is 2. The highest BCUT2D eigenvalue weighted by Crippen LogP contribution is 2.14. The Morgan fingerprint density at radius 1 is 1.27 bits per heavy atom. The summed E-state index contributed by atoms with van der Waals surface area (Å²) < 4.78 is 0. The van der Waals surface area contributed by atoms with Gasteiger partial charge in [-0.05, 0) is 38.3 Å². The van der Waals surface area contributed by atoms with Crippen LogP contribution in [-0.4, -0.2) is 37.6 Å². The summed E-state index contributed by atoms with van der Waals surface area (Å²) in [6.45, 7) is 6.27. The molecule has 0 aromatic rings. The molecule has 1 atom stereocenters. The monoisotopic (exact) mass is 153 g/mol. The van der Waals surface area contributed by atoms with Gasteiger partial charge in [-0.2, -0.15) is 0 Å². The number of hydrogen-bond acceptors (Lipinski definition) is 1. The van der Waals surface area contributed by atoms with Crippen LogP contribution in [0.5, 0.6) is 0 Å². The van der Waals surface area contributed by atoms with Gasteiger partial charge in [0.05, 0.1) is 0 Å². The Hall–Kier alpha value is -0.0800. The van der Waals surface area contributed by atoms with Gasteiger partial charge in [0.2, 0.25) is 0 Å². The van der Waals surface area contributed by atoms with Crippen molar-refractivity contribution in [1.82, 2.24) is 10.2 Å². The molecule has 0 spiro atoms. The third kappa shape index (κ3) is 1.94. The first-order valence-corrected chi connectivity index (χ1v) is 4.81. The maximum absolute atomic E-state index is 4.38. The molecule has 63 valence electrons. The van der Waals surface area contributed by atoms with Gasteiger partial charge in [0, 0.05) is 19.6 Å². The summed E-state index contributed by atoms with van der Waals surface area (Å²) in [5, 5.41) is 4.38. The fourth-order valence-electron chi connectivity index (χ4n) is 2.12. The summed E-state index contributed by atoms with van der Waals surface area (Å²) in [6, 6.07) is 0. The second-order valence-electron chi connectivity index (χ2n) is 3.79. The first-order chi connectivity index (χ1) is 5.45. The maximum atomic E-state index is 4.38. The van der Waals surface area contributed by atoms with E-state index >= 15 is 0 Å². The Bertz CT molecular complexity index is 98.7. The number of rotatable bonds is 2. The fraction of sp³-hybridized carbons (Fsp3) is 1.00. The SMILES string of the molecule is C1CCN(CC2CC[N]C2)C1. The zero-order valence-electron chi connectivity index (χ0n) is 7.13. The summed E-state index contributed by atoms with van der Waals surface area (Å²) in [4.78, 5) is 2.60. The van der Waals surface area contributed by atoms with Gasteiger partial charge in [-0.3, -0.25) is 0 Å². The van der Waals surface area contributed by atoms with Crippen molar-refractivity contribution in [2.75, 3.05) is 32.7 Å². The van der Waals surface area contributed by atoms with Crippen molar-refractivity contribution >= 4 is 0 Å². The first kappa shape index (κ1) is 7.56. The van der Waals surface area contributed by atoms with Crippen LogP contribution in [-0.2, 0) is 0 Å². The van der Waals surface area contributed by atoms with E-state index in [9.17, 15) is 0 Å². The van der Waals surface area contributed by atoms with E-state index in [1.54, 1.807) is 0 Å². The van der Waals surface area contributed by atoms with Crippen LogP contribution in [0.3, 0.4) is 0 Å². The summed E-state index contributed by atoms with van der Waals surface area (Å²) in [5.41, 5.74) is 0. The topological polar surface area (TPSA) is 17.3 Å². The molecule has 2 heteroatoms. The normalized spacial score (nSPS) is 33.3. The van der Waals surface area contributed by atoms with Crippen LogP contribution >= 0.6 is 0 Å². The summed E-state index contributed by atoms with van der Waals surface area (Å²) in [5.74, 6) is 0.896. The molecule has 1 radical (unpaired) electrons. The van der Waals surface area contributed by atoms with E-state index in [0.29, 0.717) is 0 Å². The number of likely N-dealkylation sites (tertiary alicyclic amines) is 1. The van der Waals surface area contributed by atoms with Gasteiger partial charge in [-0.15, -0.1) is 0 Å². The molecule has 0 aromatic heterocycles. The molecule has 2 fully saturated rings. The Morgan fingerprint density at radius 3 is 2.73 bits per heavy atom. The van der Waals surface area contributed by atoms with Crippen molar-refractivity contribution in [2.24, 2.45) is 5.92 Å². The van der Waals surface area contributed by atoms with E-state index in [1.807, 2.05) is 0 Å². The number of hydrogen-bond donors (Lipinski definition) is 0. The lowest BCUT2D eigenvalue weighted by Crippen LogP contribution is -2.27. The van der Waals surface area contributed by atoms with Crippen molar-refractivity contribution in [3.63, 3.8) is 0 Å². The van der Waals surface area contributed by atoms with Crippen molar-refractivity contribution in [3.8, 4) is 0 Å². The van der Waals surface area contributed by atoms with E-state index in [-0.39, 0.29) is 0 Å². The molecule has 1 unspecified atom stereocenters. The quantitative estimate of drug-likeness (QED) is 0.571. The van der Waals surface area contributed by atoms with Gasteiger partial charge in [0.15, 0.2) is 0 Å². The summed E-state index contributed by atoms with van der Waals surface area (Å²) >= 11 is 0. The molecule has 2 aliphatic rings. The second kappa shape index (κ2) is 3.55. The predicted octanol–water partition coefficient (Wildman–Crippen LogP) is 0.707. The average Bonchev–Trinajstić information content (AvgIpc) is 2.60. The third-order valence-electron chi connectivity index (χ3n) is 2.80. The van der Waals surface area contributed by atoms with Gasteiger partial charge < -0.3 is 4.90 Å². The molecule has 0 saturated carbocycles. The van der Waals surface area contributed by atoms with Gasteiger partial charge in [-0.1, -0.05) is 0 Å². The zero-order chi connectivity index (χ0) is 7.52. The molecular formula is C9H17N2. The van der Waals surface area contributed by atoms with Crippen molar-refractivity contribution < 1.29 is 0 Å². The van der Waals surface area contributed by atoms with E-state index in [1.165, 1.54) is 38.9 Å². The van der Waals surface area contributed by atoms with Gasteiger partial charge in [0.25, 0.3) is 0 Å². The summed E-state index contributed by atoms with van der Waals surface area (Å²) in [6.07, 6.45) is 4.18. The molecule has 0 N–H and O–H groups in total. The Balaban J connectivity index is 1.71. The van der Waals surface area contributed by atoms with Crippen LogP contribution in [0.1, 0.15) is 19.3 Å². The average molecular weight is 153 g/mol. The van der Waals surface area contributed by atoms with E-state index in [0.717, 1.165) is 19.0 Å². The lowest BCUT2D eigenvalue weighted by atomic mass is 10.1. The highest BCUT2D eigenvalue weighted by molar-refractivity contribution is 4.76. The van der Waals surface area contributed by atoms with Crippen LogP contribution in [0.15, 0.2) is 0 Å². The first-order valence-electron chi connectivity index (χ1n) is 4.81. The van der Waals surface area contributed by atoms with E-state index < -0.39 is 0 Å². The molecule has 0 amide bonds. The van der Waals surface area contributed by atoms with Gasteiger partial charge in [0.1, 0.15) is 0 Å². The fourth-order valence-corrected chi connectivity index (χ4v) is 2.12. The van der Waals surface area contributed by atoms with Crippen molar-refractivity contribution in [1.29, 1.82) is 0 Å². The maximum Gasteiger partial charge on any atom is 0.0174 e. The minimum atomic E-state index is 0.896. The van der Waals surface area contributed by atoms with Crippen LogP contribution in [0.2, 0.25) is 0 Å². The highest BCUT2D eigenvalue weighted by Gasteiger charge is 2.20. The molecule has 0 bridgehead atoms. The van der Waals surface area contributed by atoms with E-state index in [4.69, 9.17) is 0 Å². The second-order valence-corrected chi connectivity index (χ2v) is 3.79. The lowest BCUT2D eigenvalue weighted by Gasteiger charge is -2.18. The third-order valence-corrected chi connectivity index (χ3v) is 2.80. The minimum Gasteiger partial charge on any atom is -0.303 e. The zero-order valence-corrected chi connectivity index (χ0v) is 7.13. The van der Waals surface area contributed by atoms with Crippen LogP contribution in [0, 0.1) is 5.92 Å². The molecule has 0 aromatic carbocycles. The van der Waals surface area contributed by atoms with Crippen molar-refractivity contribution in [2.45, 2.75) is 19.3 Å². The molecule has 2 saturated heterocycles. The molecule has 2 nitrogen and oxygen atoms in total. The largest absolute Gasteiger partial charge is 0.303 e. The van der Waals surface area contributed by atoms with Crippen molar-refractivity contribution in [3.05, 3.63) is 0 Å².